The number of hydrogen-bond acceptors (Lipinski definition) is 3. The van der Waals surface area contributed by atoms with Crippen LogP contribution in [0.3, 0.4) is 0 Å². The van der Waals surface area contributed by atoms with Crippen molar-refractivity contribution in [3.63, 3.8) is 0 Å². The van der Waals surface area contributed by atoms with Gasteiger partial charge in [-0.1, -0.05) is 20.8 Å². The average molecular weight is 284 g/mol. The Morgan fingerprint density at radius 1 is 1.20 bits per heavy atom. The predicted octanol–water partition coefficient (Wildman–Crippen LogP) is 1.71. The van der Waals surface area contributed by atoms with Crippen molar-refractivity contribution < 1.29 is 14.3 Å². The van der Waals surface area contributed by atoms with E-state index in [9.17, 15) is 9.59 Å². The van der Waals surface area contributed by atoms with Crippen LogP contribution >= 0.6 is 0 Å². The van der Waals surface area contributed by atoms with Gasteiger partial charge in [-0.3, -0.25) is 9.59 Å². The van der Waals surface area contributed by atoms with Crippen molar-refractivity contribution in [3.8, 4) is 0 Å². The second-order valence-corrected chi connectivity index (χ2v) is 5.85. The van der Waals surface area contributed by atoms with Gasteiger partial charge in [0.1, 0.15) is 11.1 Å². The Morgan fingerprint density at radius 2 is 1.75 bits per heavy atom. The van der Waals surface area contributed by atoms with Crippen LogP contribution in [0.5, 0.6) is 0 Å². The first-order chi connectivity index (χ1) is 9.32. The molecule has 2 atom stereocenters. The minimum absolute atomic E-state index is 0.0102. The zero-order valence-corrected chi connectivity index (χ0v) is 13.6. The number of nitrogens with one attached hydrogen (secondary N) is 1. The first-order valence-electron chi connectivity index (χ1n) is 7.48. The van der Waals surface area contributed by atoms with Gasteiger partial charge in [0.25, 0.3) is 0 Å². The summed E-state index contributed by atoms with van der Waals surface area (Å²) in [4.78, 5) is 27.3. The quantitative estimate of drug-likeness (QED) is 0.808. The molecule has 1 fully saturated rings. The standard InChI is InChI=1S/C15H28N2O3/c1-7-14(5)12(18)16-15(8-2,9-3)13(19)17(14)11(4)10-20-6/h11H,7-10H2,1-6H3,(H,16,18). The van der Waals surface area contributed by atoms with E-state index in [4.69, 9.17) is 4.74 Å². The molecule has 0 aromatic rings. The highest BCUT2D eigenvalue weighted by molar-refractivity contribution is 6.02. The summed E-state index contributed by atoms with van der Waals surface area (Å²) >= 11 is 0. The highest BCUT2D eigenvalue weighted by Gasteiger charge is 2.55. The van der Waals surface area contributed by atoms with Gasteiger partial charge in [0.05, 0.1) is 12.6 Å². The zero-order valence-electron chi connectivity index (χ0n) is 13.6. The van der Waals surface area contributed by atoms with Crippen molar-refractivity contribution in [3.05, 3.63) is 0 Å². The second-order valence-electron chi connectivity index (χ2n) is 5.85. The van der Waals surface area contributed by atoms with Crippen LogP contribution in [0.1, 0.15) is 53.9 Å². The third-order valence-corrected chi connectivity index (χ3v) is 4.75. The third kappa shape index (κ3) is 2.43. The Bertz CT molecular complexity index is 379. The summed E-state index contributed by atoms with van der Waals surface area (Å²) < 4.78 is 5.19. The van der Waals surface area contributed by atoms with E-state index in [2.05, 4.69) is 5.32 Å². The number of methoxy groups -OCH3 is 1. The van der Waals surface area contributed by atoms with E-state index in [0.29, 0.717) is 25.9 Å². The summed E-state index contributed by atoms with van der Waals surface area (Å²) in [5, 5.41) is 2.98. The van der Waals surface area contributed by atoms with Crippen LogP contribution in [0.15, 0.2) is 0 Å². The number of piperazine rings is 1. The lowest BCUT2D eigenvalue weighted by Gasteiger charge is -2.53. The fraction of sp³-hybridized carbons (Fsp3) is 0.867. The maximum atomic E-state index is 13.0. The van der Waals surface area contributed by atoms with Crippen LogP contribution in [0.2, 0.25) is 0 Å². The van der Waals surface area contributed by atoms with Crippen LogP contribution in [-0.4, -0.2) is 47.6 Å². The van der Waals surface area contributed by atoms with Gasteiger partial charge in [-0.05, 0) is 33.1 Å². The van der Waals surface area contributed by atoms with Gasteiger partial charge in [0.15, 0.2) is 0 Å². The molecular formula is C15H28N2O3. The van der Waals surface area contributed by atoms with Gasteiger partial charge < -0.3 is 15.0 Å². The highest BCUT2D eigenvalue weighted by atomic mass is 16.5. The second kappa shape index (κ2) is 6.12. The monoisotopic (exact) mass is 284 g/mol. The number of carbonyl (C=O) groups is 2. The Hall–Kier alpha value is -1.10. The fourth-order valence-corrected chi connectivity index (χ4v) is 3.03. The van der Waals surface area contributed by atoms with E-state index in [1.807, 2.05) is 34.6 Å². The van der Waals surface area contributed by atoms with Crippen molar-refractivity contribution in [1.29, 1.82) is 0 Å². The average Bonchev–Trinajstić information content (AvgIpc) is 2.43. The van der Waals surface area contributed by atoms with E-state index < -0.39 is 11.1 Å². The van der Waals surface area contributed by atoms with Gasteiger partial charge in [-0.2, -0.15) is 0 Å². The van der Waals surface area contributed by atoms with E-state index in [-0.39, 0.29) is 17.9 Å². The van der Waals surface area contributed by atoms with Crippen LogP contribution < -0.4 is 5.32 Å². The molecule has 1 aliphatic rings. The van der Waals surface area contributed by atoms with Gasteiger partial charge in [-0.25, -0.2) is 0 Å². The highest BCUT2D eigenvalue weighted by Crippen LogP contribution is 2.34. The summed E-state index contributed by atoms with van der Waals surface area (Å²) in [5.41, 5.74) is -1.57. The molecule has 0 saturated carbocycles. The number of amides is 2. The molecule has 0 aromatic heterocycles. The minimum atomic E-state index is -0.803. The van der Waals surface area contributed by atoms with E-state index in [1.165, 1.54) is 0 Å². The molecule has 2 amide bonds. The molecule has 1 aliphatic heterocycles. The van der Waals surface area contributed by atoms with Crippen molar-refractivity contribution in [2.24, 2.45) is 0 Å². The first kappa shape index (κ1) is 17.0. The fourth-order valence-electron chi connectivity index (χ4n) is 3.03. The van der Waals surface area contributed by atoms with E-state index >= 15 is 0 Å². The smallest absolute Gasteiger partial charge is 0.249 e. The summed E-state index contributed by atoms with van der Waals surface area (Å²) in [7, 11) is 1.61. The molecule has 1 heterocycles. The molecule has 0 aliphatic carbocycles. The van der Waals surface area contributed by atoms with Crippen LogP contribution in [0.4, 0.5) is 0 Å². The number of nitrogens with zero attached hydrogens (tertiary/aromatic N) is 1. The lowest BCUT2D eigenvalue weighted by Crippen LogP contribution is -2.76. The molecule has 0 spiro atoms. The predicted molar refractivity (Wildman–Crippen MR) is 78.3 cm³/mol. The molecule has 2 unspecified atom stereocenters. The SMILES string of the molecule is CCC1(CC)NC(=O)C(C)(CC)N(C(C)COC)C1=O. The Kier molecular flexibility index (Phi) is 5.19. The van der Waals surface area contributed by atoms with Crippen LogP contribution in [0, 0.1) is 0 Å². The first-order valence-corrected chi connectivity index (χ1v) is 7.48. The summed E-state index contributed by atoms with van der Waals surface area (Å²) in [6.45, 7) is 10.0. The Balaban J connectivity index is 3.28. The van der Waals surface area contributed by atoms with Gasteiger partial charge in [-0.15, -0.1) is 0 Å². The summed E-state index contributed by atoms with van der Waals surface area (Å²) in [6, 6.07) is -0.124. The maximum Gasteiger partial charge on any atom is 0.249 e. The molecule has 1 N–H and O–H groups in total. The lowest BCUT2D eigenvalue weighted by atomic mass is 9.80. The lowest BCUT2D eigenvalue weighted by molar-refractivity contribution is -0.167. The zero-order chi connectivity index (χ0) is 15.6. The largest absolute Gasteiger partial charge is 0.383 e. The van der Waals surface area contributed by atoms with E-state index in [1.54, 1.807) is 12.0 Å². The number of rotatable bonds is 6. The Labute approximate surface area is 122 Å². The molecule has 0 bridgehead atoms. The van der Waals surface area contributed by atoms with E-state index in [0.717, 1.165) is 0 Å². The molecule has 1 saturated heterocycles. The molecule has 1 rings (SSSR count). The van der Waals surface area contributed by atoms with Crippen molar-refractivity contribution in [1.82, 2.24) is 10.2 Å². The van der Waals surface area contributed by atoms with Gasteiger partial charge in [0, 0.05) is 7.11 Å². The molecule has 116 valence electrons. The number of ether oxygens (including phenoxy) is 1. The number of carbonyl (C=O) groups excluding carboxylic acids is 2. The third-order valence-electron chi connectivity index (χ3n) is 4.75. The topological polar surface area (TPSA) is 58.6 Å². The van der Waals surface area contributed by atoms with Gasteiger partial charge in [0.2, 0.25) is 11.8 Å². The molecule has 5 nitrogen and oxygen atoms in total. The molecule has 20 heavy (non-hydrogen) atoms. The summed E-state index contributed by atoms with van der Waals surface area (Å²) in [6.07, 6.45) is 1.79. The molecule has 0 radical (unpaired) electrons. The van der Waals surface area contributed by atoms with Gasteiger partial charge >= 0.3 is 0 Å². The molecular weight excluding hydrogens is 256 g/mol. The number of hydrogen-bond donors (Lipinski definition) is 1. The van der Waals surface area contributed by atoms with Crippen molar-refractivity contribution >= 4 is 11.8 Å². The Morgan fingerprint density at radius 3 is 2.15 bits per heavy atom. The minimum Gasteiger partial charge on any atom is -0.383 e. The maximum absolute atomic E-state index is 13.0. The van der Waals surface area contributed by atoms with Crippen LogP contribution in [0.25, 0.3) is 0 Å². The van der Waals surface area contributed by atoms with Crippen LogP contribution in [-0.2, 0) is 14.3 Å². The molecule has 0 aromatic carbocycles. The van der Waals surface area contributed by atoms with Crippen molar-refractivity contribution in [2.45, 2.75) is 71.0 Å². The molecule has 5 heteroatoms. The van der Waals surface area contributed by atoms with Crippen molar-refractivity contribution in [2.75, 3.05) is 13.7 Å². The summed E-state index contributed by atoms with van der Waals surface area (Å²) in [5.74, 6) is -0.0535. The normalized spacial score (nSPS) is 27.4.